The zero-order chi connectivity index (χ0) is 23.7. The quantitative estimate of drug-likeness (QED) is 0.392. The molecule has 0 unspecified atom stereocenters. The Bertz CT molecular complexity index is 1120. The Labute approximate surface area is 189 Å². The van der Waals surface area contributed by atoms with Crippen molar-refractivity contribution in [2.75, 3.05) is 6.61 Å². The Balaban J connectivity index is 2.06. The molecule has 0 saturated carbocycles. The summed E-state index contributed by atoms with van der Waals surface area (Å²) in [5.41, 5.74) is 4.10. The van der Waals surface area contributed by atoms with Crippen LogP contribution in [0, 0.1) is 5.41 Å². The molecule has 6 nitrogen and oxygen atoms in total. The van der Waals surface area contributed by atoms with E-state index in [0.717, 1.165) is 23.0 Å². The van der Waals surface area contributed by atoms with Gasteiger partial charge in [0.25, 0.3) is 0 Å². The van der Waals surface area contributed by atoms with Gasteiger partial charge in [-0.15, -0.1) is 15.0 Å². The van der Waals surface area contributed by atoms with E-state index in [0.29, 0.717) is 23.2 Å². The molecule has 0 saturated heterocycles. The van der Waals surface area contributed by atoms with E-state index in [4.69, 9.17) is 4.74 Å². The molecule has 6 heteroatoms. The van der Waals surface area contributed by atoms with E-state index in [9.17, 15) is 9.90 Å². The van der Waals surface area contributed by atoms with Gasteiger partial charge in [-0.05, 0) is 53.5 Å². The van der Waals surface area contributed by atoms with Crippen LogP contribution in [0.3, 0.4) is 0 Å². The average Bonchev–Trinajstić information content (AvgIpc) is 3.11. The maximum absolute atomic E-state index is 11.8. The van der Waals surface area contributed by atoms with Crippen LogP contribution in [0.15, 0.2) is 48.6 Å². The fourth-order valence-corrected chi connectivity index (χ4v) is 4.18. The van der Waals surface area contributed by atoms with Gasteiger partial charge >= 0.3 is 5.97 Å². The van der Waals surface area contributed by atoms with E-state index < -0.39 is 5.97 Å². The summed E-state index contributed by atoms with van der Waals surface area (Å²) in [7, 11) is 0. The second-order valence-electron chi connectivity index (χ2n) is 10.3. The van der Waals surface area contributed by atoms with Crippen LogP contribution in [-0.4, -0.2) is 32.7 Å². The molecule has 0 fully saturated rings. The summed E-state index contributed by atoms with van der Waals surface area (Å²) < 4.78 is 5.27. The predicted molar refractivity (Wildman–Crippen MR) is 127 cm³/mol. The molecule has 32 heavy (non-hydrogen) atoms. The molecule has 3 aromatic rings. The zero-order valence-electron chi connectivity index (χ0n) is 19.9. The number of benzene rings is 2. The number of phenolic OH excluding ortho intramolecular Hbond substituents is 1. The third kappa shape index (κ3) is 5.36. The summed E-state index contributed by atoms with van der Waals surface area (Å²) in [6, 6.07) is 11.6. The maximum atomic E-state index is 11.8. The Hall–Kier alpha value is -3.15. The van der Waals surface area contributed by atoms with E-state index in [1.54, 1.807) is 6.92 Å². The minimum absolute atomic E-state index is 0.0898. The molecule has 0 aliphatic heterocycles. The van der Waals surface area contributed by atoms with E-state index in [1.807, 2.05) is 36.4 Å². The maximum Gasteiger partial charge on any atom is 0.333 e. The number of hydrogen-bond acceptors (Lipinski definition) is 5. The van der Waals surface area contributed by atoms with E-state index in [1.165, 1.54) is 4.80 Å². The summed E-state index contributed by atoms with van der Waals surface area (Å²) in [6.45, 7) is 16.4. The summed E-state index contributed by atoms with van der Waals surface area (Å²) >= 11 is 0. The molecule has 2 aromatic carbocycles. The highest BCUT2D eigenvalue weighted by Crippen LogP contribution is 2.40. The van der Waals surface area contributed by atoms with Crippen molar-refractivity contribution in [2.24, 2.45) is 5.41 Å². The number of aromatic hydroxyl groups is 1. The van der Waals surface area contributed by atoms with Gasteiger partial charge < -0.3 is 9.84 Å². The fraction of sp³-hybridized carbons (Fsp3) is 0.423. The zero-order valence-corrected chi connectivity index (χ0v) is 19.9. The third-order valence-electron chi connectivity index (χ3n) is 5.38. The Morgan fingerprint density at radius 2 is 1.69 bits per heavy atom. The van der Waals surface area contributed by atoms with Crippen molar-refractivity contribution in [1.82, 2.24) is 15.0 Å². The highest BCUT2D eigenvalue weighted by molar-refractivity contribution is 5.86. The van der Waals surface area contributed by atoms with E-state index in [2.05, 4.69) is 51.4 Å². The second-order valence-corrected chi connectivity index (χ2v) is 10.3. The van der Waals surface area contributed by atoms with Gasteiger partial charge in [0.1, 0.15) is 22.5 Å². The first-order chi connectivity index (χ1) is 14.9. The predicted octanol–water partition coefficient (Wildman–Crippen LogP) is 5.50. The highest BCUT2D eigenvalue weighted by Gasteiger charge is 2.29. The van der Waals surface area contributed by atoms with Gasteiger partial charge in [0.2, 0.25) is 0 Å². The van der Waals surface area contributed by atoms with Crippen molar-refractivity contribution in [1.29, 1.82) is 0 Å². The standard InChI is InChI=1S/C26H33N3O3/c1-17(2)24(31)32-13-12-18-14-19(26(6,7)16-25(3,4)5)15-22(23(18)30)29-27-20-10-8-9-11-21(20)28-29/h8-11,14-15,30H,1,12-13,16H2,2-7H3. The molecule has 0 radical (unpaired) electrons. The first-order valence-corrected chi connectivity index (χ1v) is 10.9. The van der Waals surface area contributed by atoms with Crippen LogP contribution in [0.1, 0.15) is 59.1 Å². The fourth-order valence-electron chi connectivity index (χ4n) is 4.18. The number of rotatable bonds is 7. The van der Waals surface area contributed by atoms with Gasteiger partial charge in [-0.2, -0.15) is 0 Å². The second kappa shape index (κ2) is 8.77. The Morgan fingerprint density at radius 1 is 1.09 bits per heavy atom. The number of nitrogens with zero attached hydrogens (tertiary/aromatic N) is 3. The number of esters is 1. The van der Waals surface area contributed by atoms with Crippen molar-refractivity contribution in [3.8, 4) is 11.4 Å². The lowest BCUT2D eigenvalue weighted by Crippen LogP contribution is -2.25. The lowest BCUT2D eigenvalue weighted by molar-refractivity contribution is -0.138. The first-order valence-electron chi connectivity index (χ1n) is 10.9. The minimum atomic E-state index is -0.436. The third-order valence-corrected chi connectivity index (χ3v) is 5.38. The molecule has 0 spiro atoms. The van der Waals surface area contributed by atoms with Crippen LogP contribution in [0.5, 0.6) is 5.75 Å². The molecule has 1 heterocycles. The smallest absolute Gasteiger partial charge is 0.333 e. The number of fused-ring (bicyclic) bond motifs is 1. The molecule has 170 valence electrons. The molecule has 0 aliphatic rings. The summed E-state index contributed by atoms with van der Waals surface area (Å²) in [4.78, 5) is 13.3. The normalized spacial score (nSPS) is 12.2. The first kappa shape index (κ1) is 23.5. The number of hydrogen-bond donors (Lipinski definition) is 1. The van der Waals surface area contributed by atoms with Crippen molar-refractivity contribution in [2.45, 2.75) is 59.8 Å². The van der Waals surface area contributed by atoms with Gasteiger partial charge in [0.05, 0.1) is 6.61 Å². The van der Waals surface area contributed by atoms with Gasteiger partial charge in [-0.25, -0.2) is 4.79 Å². The number of aromatic nitrogens is 3. The van der Waals surface area contributed by atoms with Crippen LogP contribution < -0.4 is 0 Å². The largest absolute Gasteiger partial charge is 0.505 e. The molecular formula is C26H33N3O3. The lowest BCUT2D eigenvalue weighted by atomic mass is 9.72. The highest BCUT2D eigenvalue weighted by atomic mass is 16.5. The average molecular weight is 436 g/mol. The van der Waals surface area contributed by atoms with E-state index >= 15 is 0 Å². The topological polar surface area (TPSA) is 77.2 Å². The molecule has 1 aromatic heterocycles. The van der Waals surface area contributed by atoms with Crippen molar-refractivity contribution in [3.63, 3.8) is 0 Å². The van der Waals surface area contributed by atoms with Gasteiger partial charge in [0, 0.05) is 12.0 Å². The summed E-state index contributed by atoms with van der Waals surface area (Å²) in [5.74, 6) is -0.346. The molecule has 0 atom stereocenters. The van der Waals surface area contributed by atoms with Gasteiger partial charge in [-0.3, -0.25) is 0 Å². The van der Waals surface area contributed by atoms with E-state index in [-0.39, 0.29) is 23.2 Å². The number of phenols is 1. The number of carbonyl (C=O) groups is 1. The van der Waals surface area contributed by atoms with Crippen molar-refractivity contribution < 1.29 is 14.6 Å². The van der Waals surface area contributed by atoms with Crippen molar-refractivity contribution >= 4 is 17.0 Å². The molecule has 0 aliphatic carbocycles. The SMILES string of the molecule is C=C(C)C(=O)OCCc1cc(C(C)(C)CC(C)(C)C)cc(-n2nc3ccccc3n2)c1O. The number of carbonyl (C=O) groups excluding carboxylic acids is 1. The summed E-state index contributed by atoms with van der Waals surface area (Å²) in [5, 5.41) is 20.2. The van der Waals surface area contributed by atoms with Crippen LogP contribution in [0.2, 0.25) is 0 Å². The Kier molecular flexibility index (Phi) is 6.44. The van der Waals surface area contributed by atoms with Crippen LogP contribution in [0.4, 0.5) is 0 Å². The summed E-state index contributed by atoms with van der Waals surface area (Å²) in [6.07, 6.45) is 1.32. The van der Waals surface area contributed by atoms with Crippen LogP contribution in [0.25, 0.3) is 16.7 Å². The Morgan fingerprint density at radius 3 is 2.22 bits per heavy atom. The van der Waals surface area contributed by atoms with Crippen LogP contribution >= 0.6 is 0 Å². The van der Waals surface area contributed by atoms with Crippen molar-refractivity contribution in [3.05, 3.63) is 59.7 Å². The monoisotopic (exact) mass is 435 g/mol. The van der Waals surface area contributed by atoms with Gasteiger partial charge in [0.15, 0.2) is 0 Å². The molecule has 0 bridgehead atoms. The number of ether oxygens (including phenoxy) is 1. The molecule has 1 N–H and O–H groups in total. The van der Waals surface area contributed by atoms with Gasteiger partial charge in [-0.1, -0.05) is 59.4 Å². The lowest BCUT2D eigenvalue weighted by Gasteiger charge is -2.33. The molecular weight excluding hydrogens is 402 g/mol. The minimum Gasteiger partial charge on any atom is -0.505 e. The molecule has 0 amide bonds. The molecule has 3 rings (SSSR count). The van der Waals surface area contributed by atoms with Crippen LogP contribution in [-0.2, 0) is 21.4 Å².